The minimum Gasteiger partial charge on any atom is -0.496 e. The number of nitrogens with one attached hydrogen (secondary N) is 3. The molecule has 1 atom stereocenters. The predicted molar refractivity (Wildman–Crippen MR) is 218 cm³/mol. The highest BCUT2D eigenvalue weighted by atomic mass is 16.5. The Kier molecular flexibility index (Phi) is 11.4. The van der Waals surface area contributed by atoms with Crippen LogP contribution in [0.15, 0.2) is 42.6 Å². The van der Waals surface area contributed by atoms with E-state index < -0.39 is 17.9 Å². The summed E-state index contributed by atoms with van der Waals surface area (Å²) in [6, 6.07) is 10.4. The number of fused-ring (bicyclic) bond motifs is 1. The summed E-state index contributed by atoms with van der Waals surface area (Å²) in [5, 5.41) is 8.07. The first-order chi connectivity index (χ1) is 28.1. The van der Waals surface area contributed by atoms with Crippen LogP contribution in [0.5, 0.6) is 5.75 Å². The van der Waals surface area contributed by atoms with Crippen LogP contribution in [0.1, 0.15) is 94.6 Å². The number of hydrogen-bond donors (Lipinski definition) is 4. The minimum atomic E-state index is -0.758. The van der Waals surface area contributed by atoms with Crippen LogP contribution in [0, 0.1) is 5.92 Å². The Hall–Kier alpha value is -5.77. The first-order valence-corrected chi connectivity index (χ1v) is 20.6. The summed E-state index contributed by atoms with van der Waals surface area (Å²) in [7, 11) is 1.53. The third kappa shape index (κ3) is 8.42. The third-order valence-corrected chi connectivity index (χ3v) is 12.4. The van der Waals surface area contributed by atoms with Crippen molar-refractivity contribution in [2.75, 3.05) is 73.8 Å². The van der Waals surface area contributed by atoms with Gasteiger partial charge in [-0.2, -0.15) is 0 Å². The van der Waals surface area contributed by atoms with E-state index in [-0.39, 0.29) is 48.2 Å². The van der Waals surface area contributed by atoms with Crippen LogP contribution >= 0.6 is 0 Å². The number of benzene rings is 2. The molecule has 5 aliphatic heterocycles. The lowest BCUT2D eigenvalue weighted by Crippen LogP contribution is -2.52. The van der Waals surface area contributed by atoms with Gasteiger partial charge in [-0.1, -0.05) is 0 Å². The van der Waals surface area contributed by atoms with Crippen molar-refractivity contribution in [3.8, 4) is 5.75 Å². The zero-order chi connectivity index (χ0) is 40.3. The second-order valence-corrected chi connectivity index (χ2v) is 16.1. The Morgan fingerprint density at radius 2 is 1.67 bits per heavy atom. The Labute approximate surface area is 337 Å². The van der Waals surface area contributed by atoms with Gasteiger partial charge in [0.1, 0.15) is 17.5 Å². The van der Waals surface area contributed by atoms with Gasteiger partial charge >= 0.3 is 0 Å². The van der Waals surface area contributed by atoms with Gasteiger partial charge in [-0.15, -0.1) is 0 Å². The van der Waals surface area contributed by atoms with E-state index in [1.807, 2.05) is 29.2 Å². The summed E-state index contributed by atoms with van der Waals surface area (Å²) in [6.07, 6.45) is 9.13. The average molecular weight is 793 g/mol. The predicted octanol–water partition coefficient (Wildman–Crippen LogP) is 3.18. The quantitative estimate of drug-likeness (QED) is 0.220. The molecule has 0 unspecified atom stereocenters. The number of likely N-dealkylation sites (tertiary alicyclic amines) is 1. The largest absolute Gasteiger partial charge is 0.496 e. The Bertz CT molecular complexity index is 2070. The maximum Gasteiger partial charge on any atom is 0.274 e. The van der Waals surface area contributed by atoms with Gasteiger partial charge in [0.15, 0.2) is 0 Å². The van der Waals surface area contributed by atoms with Crippen molar-refractivity contribution in [3.63, 3.8) is 0 Å². The van der Waals surface area contributed by atoms with Gasteiger partial charge in [0, 0.05) is 88.3 Å². The van der Waals surface area contributed by atoms with Gasteiger partial charge in [-0.05, 0) is 93.2 Å². The normalized spacial score (nSPS) is 20.8. The molecule has 58 heavy (non-hydrogen) atoms. The number of methoxy groups -OCH3 is 1. The summed E-state index contributed by atoms with van der Waals surface area (Å²) < 4.78 is 5.59. The standard InChI is InChI=1S/C42H52N10O6/c1-58-36-22-29(5-6-30(36)38(54)45-32-7-8-37(53)48-40(32)56)50-19-10-26(11-20-50)24-49-17-12-28(13-18-49)52-25-27-21-34(46-39(55)33-9-14-44-42(43)47-33)35(23-31(27)41(52)57)51-15-3-2-4-16-51/h5-6,9,14,21-23,26,28,32H,2-4,7-8,10-13,15-20,24-25H2,1H3,(H,45,54)(H,46,55)(H2,43,44,47)(H,48,53,56)/t32-/m0/s1. The molecule has 1 aromatic heterocycles. The first kappa shape index (κ1) is 39.1. The number of carbonyl (C=O) groups is 5. The number of carbonyl (C=O) groups excluding carboxylic acids is 5. The van der Waals surface area contributed by atoms with Crippen molar-refractivity contribution in [2.45, 2.75) is 76.4 Å². The van der Waals surface area contributed by atoms with Gasteiger partial charge in [-0.3, -0.25) is 29.3 Å². The highest BCUT2D eigenvalue weighted by Gasteiger charge is 2.37. The molecule has 3 aromatic rings. The maximum atomic E-state index is 14.0. The van der Waals surface area contributed by atoms with Crippen molar-refractivity contribution < 1.29 is 28.7 Å². The topological polar surface area (TPSA) is 195 Å². The van der Waals surface area contributed by atoms with E-state index in [1.54, 1.807) is 6.07 Å². The van der Waals surface area contributed by atoms with Crippen LogP contribution in [-0.4, -0.2) is 114 Å². The van der Waals surface area contributed by atoms with E-state index >= 15 is 0 Å². The minimum absolute atomic E-state index is 0.0381. The molecule has 0 spiro atoms. The summed E-state index contributed by atoms with van der Waals surface area (Å²) >= 11 is 0. The van der Waals surface area contributed by atoms with Gasteiger partial charge in [0.25, 0.3) is 17.7 Å². The lowest BCUT2D eigenvalue weighted by molar-refractivity contribution is -0.134. The zero-order valence-electron chi connectivity index (χ0n) is 33.0. The molecule has 5 amide bonds. The van der Waals surface area contributed by atoms with Crippen LogP contribution in [0.3, 0.4) is 0 Å². The molecule has 6 heterocycles. The highest BCUT2D eigenvalue weighted by molar-refractivity contribution is 6.07. The van der Waals surface area contributed by atoms with Gasteiger partial charge in [0.05, 0.1) is 24.0 Å². The molecule has 2 aromatic carbocycles. The molecule has 8 rings (SSSR count). The number of hydrogen-bond acceptors (Lipinski definition) is 12. The van der Waals surface area contributed by atoms with Crippen molar-refractivity contribution in [1.29, 1.82) is 0 Å². The van der Waals surface area contributed by atoms with E-state index in [0.717, 1.165) is 107 Å². The molecule has 16 heteroatoms. The molecule has 0 aliphatic carbocycles. The number of imide groups is 1. The lowest BCUT2D eigenvalue weighted by atomic mass is 9.94. The Balaban J connectivity index is 0.840. The molecule has 0 saturated carbocycles. The molecular weight excluding hydrogens is 741 g/mol. The SMILES string of the molecule is COc1cc(N2CCC(CN3CCC(N4Cc5cc(NC(=O)c6ccnc(N)n6)c(N6CCCCC6)cc5C4=O)CC3)CC2)ccc1C(=O)N[C@H]1CCC(=O)NC1=O. The molecule has 0 bridgehead atoms. The average Bonchev–Trinajstić information content (AvgIpc) is 3.56. The third-order valence-electron chi connectivity index (χ3n) is 12.4. The van der Waals surface area contributed by atoms with Gasteiger partial charge in [-0.25, -0.2) is 9.97 Å². The van der Waals surface area contributed by atoms with Crippen LogP contribution < -0.4 is 36.2 Å². The fourth-order valence-corrected chi connectivity index (χ4v) is 9.14. The zero-order valence-corrected chi connectivity index (χ0v) is 33.0. The van der Waals surface area contributed by atoms with E-state index in [0.29, 0.717) is 29.5 Å². The number of aromatic nitrogens is 2. The monoisotopic (exact) mass is 792 g/mol. The molecule has 16 nitrogen and oxygen atoms in total. The van der Waals surface area contributed by atoms with E-state index in [4.69, 9.17) is 10.5 Å². The summed E-state index contributed by atoms with van der Waals surface area (Å²) in [4.78, 5) is 81.1. The summed E-state index contributed by atoms with van der Waals surface area (Å²) in [6.45, 7) is 6.95. The van der Waals surface area contributed by atoms with Crippen molar-refractivity contribution in [3.05, 3.63) is 65.0 Å². The molecule has 306 valence electrons. The number of piperidine rings is 4. The first-order valence-electron chi connectivity index (χ1n) is 20.6. The van der Waals surface area contributed by atoms with Crippen molar-refractivity contribution in [2.24, 2.45) is 5.92 Å². The molecule has 4 fully saturated rings. The van der Waals surface area contributed by atoms with Crippen molar-refractivity contribution in [1.82, 2.24) is 30.4 Å². The number of rotatable bonds is 10. The van der Waals surface area contributed by atoms with E-state index in [2.05, 4.69) is 40.6 Å². The summed E-state index contributed by atoms with van der Waals surface area (Å²) in [5.41, 5.74) is 10.5. The molecule has 5 N–H and O–H groups in total. The number of amides is 5. The highest BCUT2D eigenvalue weighted by Crippen LogP contribution is 2.38. The van der Waals surface area contributed by atoms with Crippen molar-refractivity contribution >= 4 is 52.5 Å². The van der Waals surface area contributed by atoms with Crippen LogP contribution in [-0.2, 0) is 16.1 Å². The molecule has 5 aliphatic rings. The number of anilines is 4. The molecular formula is C42H52N10O6. The molecule has 4 saturated heterocycles. The smallest absolute Gasteiger partial charge is 0.274 e. The fourth-order valence-electron chi connectivity index (χ4n) is 9.14. The lowest BCUT2D eigenvalue weighted by Gasteiger charge is -2.40. The van der Waals surface area contributed by atoms with Crippen LogP contribution in [0.2, 0.25) is 0 Å². The van der Waals surface area contributed by atoms with Gasteiger partial charge < -0.3 is 40.7 Å². The van der Waals surface area contributed by atoms with Crippen LogP contribution in [0.4, 0.5) is 23.0 Å². The second kappa shape index (κ2) is 17.0. The number of ether oxygens (including phenoxy) is 1. The Morgan fingerprint density at radius 3 is 2.40 bits per heavy atom. The maximum absolute atomic E-state index is 14.0. The Morgan fingerprint density at radius 1 is 0.897 bits per heavy atom. The van der Waals surface area contributed by atoms with E-state index in [9.17, 15) is 24.0 Å². The second-order valence-electron chi connectivity index (χ2n) is 16.1. The summed E-state index contributed by atoms with van der Waals surface area (Å²) in [5.74, 6) is -0.496. The van der Waals surface area contributed by atoms with Crippen LogP contribution in [0.25, 0.3) is 0 Å². The number of nitrogen functional groups attached to an aromatic ring is 1. The van der Waals surface area contributed by atoms with E-state index in [1.165, 1.54) is 25.8 Å². The fraction of sp³-hybridized carbons (Fsp3) is 0.500. The number of nitrogens with two attached hydrogens (primary N) is 1. The molecule has 0 radical (unpaired) electrons. The van der Waals surface area contributed by atoms with Gasteiger partial charge in [0.2, 0.25) is 17.8 Å². The number of nitrogens with zero attached hydrogens (tertiary/aromatic N) is 6.